The highest BCUT2D eigenvalue weighted by atomic mass is 32.1. The van der Waals surface area contributed by atoms with Gasteiger partial charge >= 0.3 is 5.97 Å². The number of rotatable bonds is 9. The van der Waals surface area contributed by atoms with Crippen LogP contribution < -0.4 is 31.3 Å². The van der Waals surface area contributed by atoms with E-state index in [4.69, 9.17) is 4.74 Å². The largest absolute Gasteiger partial charge is 0.497 e. The molecule has 0 saturated carbocycles. The summed E-state index contributed by atoms with van der Waals surface area (Å²) in [5.74, 6) is -5.43. The van der Waals surface area contributed by atoms with Crippen molar-refractivity contribution >= 4 is 52.5 Å². The van der Waals surface area contributed by atoms with E-state index in [2.05, 4.69) is 26.6 Å². The highest BCUT2D eigenvalue weighted by Crippen LogP contribution is 2.23. The van der Waals surface area contributed by atoms with Crippen molar-refractivity contribution in [2.75, 3.05) is 12.4 Å². The standard InChI is InChI=1S/C45H45N5O10S/c1-60-32-19-15-30(16-20-32)29-13-9-27(10-14-29)23-35-40(53)47-34(22-26-6-3-2-4-7-26)41(54)50-37(45(58)59)24-28-11-17-31(18-12-28)46-43(56)38(51)39(52)44(57)49-36(42(55)48-35)25-33-8-5-21-61-33/h2-21,34-39,51-52H,22-25H2,1H3,(H,46,56)(H,47,53)(H,48,55)(H,49,57)(H,50,54)(H,58,59)/t34-,35+,36-,37+,38-,39-/m1/s1. The van der Waals surface area contributed by atoms with Gasteiger partial charge in [0.05, 0.1) is 7.11 Å². The van der Waals surface area contributed by atoms with E-state index < -0.39 is 71.9 Å². The molecule has 0 aliphatic carbocycles. The van der Waals surface area contributed by atoms with Gasteiger partial charge in [-0.3, -0.25) is 24.0 Å². The zero-order valence-corrected chi connectivity index (χ0v) is 33.8. The van der Waals surface area contributed by atoms with Crippen molar-refractivity contribution in [1.29, 1.82) is 0 Å². The number of benzene rings is 4. The van der Waals surface area contributed by atoms with Gasteiger partial charge in [0.25, 0.3) is 11.8 Å². The molecule has 6 atom stereocenters. The Labute approximate surface area is 355 Å². The number of nitrogens with one attached hydrogen (secondary N) is 5. The Hall–Kier alpha value is -6.88. The van der Waals surface area contributed by atoms with Crippen molar-refractivity contribution < 1.29 is 48.8 Å². The van der Waals surface area contributed by atoms with Gasteiger partial charge in [-0.25, -0.2) is 4.79 Å². The van der Waals surface area contributed by atoms with E-state index in [1.807, 2.05) is 36.4 Å². The number of ether oxygens (including phenoxy) is 1. The lowest BCUT2D eigenvalue weighted by Gasteiger charge is -2.27. The lowest BCUT2D eigenvalue weighted by molar-refractivity contribution is -0.145. The van der Waals surface area contributed by atoms with Crippen molar-refractivity contribution in [2.24, 2.45) is 0 Å². The molecule has 61 heavy (non-hydrogen) atoms. The number of amides is 5. The minimum absolute atomic E-state index is 0.0341. The summed E-state index contributed by atoms with van der Waals surface area (Å²) in [4.78, 5) is 82.2. The van der Waals surface area contributed by atoms with Gasteiger partial charge in [-0.05, 0) is 63.5 Å². The van der Waals surface area contributed by atoms with Crippen LogP contribution in [0.4, 0.5) is 5.69 Å². The second-order valence-corrected chi connectivity index (χ2v) is 15.5. The molecule has 4 aromatic carbocycles. The topological polar surface area (TPSA) is 232 Å². The summed E-state index contributed by atoms with van der Waals surface area (Å²) >= 11 is 1.29. The number of hydrogen-bond acceptors (Lipinski definition) is 10. The SMILES string of the molecule is COc1ccc(-c2ccc(C[C@@H]3NC(=O)[C@@H](Cc4cccs4)NC(=O)[C@H](O)[C@@H](O)C(=O)Nc4ccc(cc4)C[C@@H](C(=O)O)NC(=O)[C@@H](Cc4ccccc4)NC3=O)cc2)cc1. The van der Waals surface area contributed by atoms with Crippen molar-refractivity contribution in [3.05, 3.63) is 142 Å². The Morgan fingerprint density at radius 1 is 0.607 bits per heavy atom. The summed E-state index contributed by atoms with van der Waals surface area (Å²) < 4.78 is 5.27. The molecule has 5 aromatic rings. The highest BCUT2D eigenvalue weighted by Gasteiger charge is 2.36. The van der Waals surface area contributed by atoms with Crippen LogP contribution in [0.5, 0.6) is 5.75 Å². The Balaban J connectivity index is 1.36. The molecular weight excluding hydrogens is 803 g/mol. The van der Waals surface area contributed by atoms with Crippen molar-refractivity contribution in [2.45, 2.75) is 62.1 Å². The number of carboxylic acids is 1. The fourth-order valence-electron chi connectivity index (χ4n) is 6.70. The third-order valence-corrected chi connectivity index (χ3v) is 11.0. The van der Waals surface area contributed by atoms with Crippen LogP contribution in [-0.4, -0.2) is 94.3 Å². The van der Waals surface area contributed by atoms with Crippen LogP contribution in [0, 0.1) is 0 Å². The van der Waals surface area contributed by atoms with Crippen LogP contribution in [0.15, 0.2) is 121 Å². The molecule has 0 spiro atoms. The predicted octanol–water partition coefficient (Wildman–Crippen LogP) is 2.39. The number of carboxylic acid groups (broad SMARTS) is 1. The third kappa shape index (κ3) is 11.9. The number of aliphatic hydroxyl groups excluding tert-OH is 2. The smallest absolute Gasteiger partial charge is 0.326 e. The van der Waals surface area contributed by atoms with Gasteiger partial charge in [-0.1, -0.05) is 84.9 Å². The number of aliphatic carboxylic acids is 1. The van der Waals surface area contributed by atoms with Gasteiger partial charge in [-0.15, -0.1) is 11.3 Å². The highest BCUT2D eigenvalue weighted by molar-refractivity contribution is 7.09. The number of thiophene rings is 1. The molecule has 5 amide bonds. The number of carbonyl (C=O) groups is 6. The Morgan fingerprint density at radius 2 is 1.13 bits per heavy atom. The van der Waals surface area contributed by atoms with Crippen LogP contribution in [0.25, 0.3) is 11.1 Å². The van der Waals surface area contributed by atoms with Gasteiger partial charge in [0.1, 0.15) is 29.9 Å². The molecule has 16 heteroatoms. The second-order valence-electron chi connectivity index (χ2n) is 14.5. The molecular formula is C45H45N5O10S. The monoisotopic (exact) mass is 847 g/mol. The van der Waals surface area contributed by atoms with Gasteiger partial charge < -0.3 is 46.6 Å². The fraction of sp³-hybridized carbons (Fsp3) is 0.244. The van der Waals surface area contributed by atoms with Crippen LogP contribution in [-0.2, 0) is 54.5 Å². The Kier molecular flexibility index (Phi) is 14.6. The van der Waals surface area contributed by atoms with Crippen molar-refractivity contribution in [1.82, 2.24) is 21.3 Å². The fourth-order valence-corrected chi connectivity index (χ4v) is 7.45. The summed E-state index contributed by atoms with van der Waals surface area (Å²) in [6.45, 7) is 0. The first kappa shape index (κ1) is 43.7. The lowest BCUT2D eigenvalue weighted by Crippen LogP contribution is -2.60. The molecule has 15 nitrogen and oxygen atoms in total. The molecule has 0 saturated heterocycles. The maximum Gasteiger partial charge on any atom is 0.326 e. The second kappa shape index (κ2) is 20.4. The van der Waals surface area contributed by atoms with E-state index in [9.17, 15) is 44.1 Å². The Morgan fingerprint density at radius 3 is 1.69 bits per heavy atom. The number of hydrogen-bond donors (Lipinski definition) is 8. The molecule has 0 unspecified atom stereocenters. The van der Waals surface area contributed by atoms with Crippen LogP contribution in [0.2, 0.25) is 0 Å². The predicted molar refractivity (Wildman–Crippen MR) is 226 cm³/mol. The summed E-state index contributed by atoms with van der Waals surface area (Å²) in [7, 11) is 1.57. The maximum absolute atomic E-state index is 14.5. The molecule has 7 rings (SSSR count). The van der Waals surface area contributed by atoms with E-state index in [1.165, 1.54) is 35.6 Å². The number of anilines is 1. The first-order chi connectivity index (χ1) is 29.4. The molecule has 0 fully saturated rings. The number of carbonyl (C=O) groups excluding carboxylic acids is 5. The minimum Gasteiger partial charge on any atom is -0.497 e. The zero-order chi connectivity index (χ0) is 43.5. The molecule has 8 N–H and O–H groups in total. The lowest BCUT2D eigenvalue weighted by atomic mass is 9.99. The first-order valence-corrected chi connectivity index (χ1v) is 20.2. The number of aliphatic hydroxyl groups is 2. The third-order valence-electron chi connectivity index (χ3n) is 10.1. The molecule has 0 radical (unpaired) electrons. The van der Waals surface area contributed by atoms with Gasteiger partial charge in [0, 0.05) is 36.2 Å². The van der Waals surface area contributed by atoms with Crippen LogP contribution in [0.3, 0.4) is 0 Å². The zero-order valence-electron chi connectivity index (χ0n) is 32.9. The van der Waals surface area contributed by atoms with Crippen molar-refractivity contribution in [3.63, 3.8) is 0 Å². The minimum atomic E-state index is -2.30. The molecule has 1 aromatic heterocycles. The van der Waals surface area contributed by atoms with Gasteiger partial charge in [0.15, 0.2) is 12.2 Å². The van der Waals surface area contributed by atoms with Crippen LogP contribution in [0.1, 0.15) is 21.6 Å². The molecule has 316 valence electrons. The molecule has 2 aliphatic rings. The van der Waals surface area contributed by atoms with Gasteiger partial charge in [-0.2, -0.15) is 0 Å². The maximum atomic E-state index is 14.5. The Bertz CT molecular complexity index is 2310. The average Bonchev–Trinajstić information content (AvgIpc) is 3.79. The molecule has 3 heterocycles. The quantitative estimate of drug-likeness (QED) is 0.101. The summed E-state index contributed by atoms with van der Waals surface area (Å²) in [5, 5.41) is 46.3. The summed E-state index contributed by atoms with van der Waals surface area (Å²) in [6.07, 6.45) is -4.95. The molecule has 2 aliphatic heterocycles. The van der Waals surface area contributed by atoms with Crippen molar-refractivity contribution in [3.8, 4) is 16.9 Å². The summed E-state index contributed by atoms with van der Waals surface area (Å²) in [5.41, 5.74) is 3.66. The first-order valence-electron chi connectivity index (χ1n) is 19.4. The normalized spacial score (nSPS) is 21.8. The average molecular weight is 848 g/mol. The number of methoxy groups -OCH3 is 1. The van der Waals surface area contributed by atoms with Crippen LogP contribution >= 0.6 is 11.3 Å². The van der Waals surface area contributed by atoms with E-state index in [-0.39, 0.29) is 31.4 Å². The number of fused-ring (bicyclic) bond motifs is 18. The molecule has 2 bridgehead atoms. The van der Waals surface area contributed by atoms with E-state index >= 15 is 0 Å². The van der Waals surface area contributed by atoms with E-state index in [0.29, 0.717) is 27.3 Å². The summed E-state index contributed by atoms with van der Waals surface area (Å²) in [6, 6.07) is 27.3. The van der Waals surface area contributed by atoms with E-state index in [1.54, 1.807) is 67.1 Å². The van der Waals surface area contributed by atoms with E-state index in [0.717, 1.165) is 11.1 Å². The van der Waals surface area contributed by atoms with Gasteiger partial charge in [0.2, 0.25) is 17.7 Å².